The molecule has 0 atom stereocenters. The first kappa shape index (κ1) is 9.72. The van der Waals surface area contributed by atoms with Crippen molar-refractivity contribution in [3.05, 3.63) is 35.4 Å². The molecular formula is C13H18O. The summed E-state index contributed by atoms with van der Waals surface area (Å²) in [5.41, 5.74) is 2.75. The molecule has 0 amide bonds. The third-order valence-corrected chi connectivity index (χ3v) is 3.18. The molecule has 0 spiro atoms. The molecule has 0 radical (unpaired) electrons. The van der Waals surface area contributed by atoms with Crippen molar-refractivity contribution < 1.29 is 5.11 Å². The van der Waals surface area contributed by atoms with E-state index in [1.165, 1.54) is 36.8 Å². The van der Waals surface area contributed by atoms with E-state index in [0.717, 1.165) is 12.3 Å². The molecule has 0 bridgehead atoms. The molecule has 2 rings (SSSR count). The van der Waals surface area contributed by atoms with Gasteiger partial charge in [0.25, 0.3) is 0 Å². The van der Waals surface area contributed by atoms with Gasteiger partial charge in [0.05, 0.1) is 0 Å². The van der Waals surface area contributed by atoms with Gasteiger partial charge in [0.1, 0.15) is 0 Å². The lowest BCUT2D eigenvalue weighted by molar-refractivity contribution is 0.299. The Labute approximate surface area is 85.8 Å². The summed E-state index contributed by atoms with van der Waals surface area (Å²) in [7, 11) is 0. The molecule has 0 saturated heterocycles. The molecule has 0 unspecified atom stereocenters. The maximum atomic E-state index is 8.88. The second-order valence-electron chi connectivity index (χ2n) is 4.20. The van der Waals surface area contributed by atoms with Crippen LogP contribution in [0.5, 0.6) is 0 Å². The molecule has 1 aromatic carbocycles. The minimum absolute atomic E-state index is 0.258. The van der Waals surface area contributed by atoms with Gasteiger partial charge in [0.15, 0.2) is 0 Å². The highest BCUT2D eigenvalue weighted by atomic mass is 16.2. The maximum absolute atomic E-state index is 8.88. The Kier molecular flexibility index (Phi) is 3.20. The van der Waals surface area contributed by atoms with Gasteiger partial charge in [-0.2, -0.15) is 0 Å². The SMILES string of the molecule is OCCc1cccc(C2CCCC2)c1. The van der Waals surface area contributed by atoms with E-state index < -0.39 is 0 Å². The van der Waals surface area contributed by atoms with Crippen LogP contribution in [0.1, 0.15) is 42.7 Å². The van der Waals surface area contributed by atoms with Crippen LogP contribution < -0.4 is 0 Å². The average molecular weight is 190 g/mol. The molecule has 1 aliphatic carbocycles. The number of benzene rings is 1. The van der Waals surface area contributed by atoms with Gasteiger partial charge in [-0.15, -0.1) is 0 Å². The van der Waals surface area contributed by atoms with Gasteiger partial charge < -0.3 is 5.11 Å². The number of aliphatic hydroxyl groups excluding tert-OH is 1. The predicted octanol–water partition coefficient (Wildman–Crippen LogP) is 2.88. The Balaban J connectivity index is 2.12. The molecule has 1 nitrogen and oxygen atoms in total. The molecule has 76 valence electrons. The zero-order valence-corrected chi connectivity index (χ0v) is 8.58. The van der Waals surface area contributed by atoms with Gasteiger partial charge in [0.2, 0.25) is 0 Å². The lowest BCUT2D eigenvalue weighted by Crippen LogP contribution is -1.95. The van der Waals surface area contributed by atoms with Crippen LogP contribution in [0.15, 0.2) is 24.3 Å². The molecule has 1 fully saturated rings. The van der Waals surface area contributed by atoms with Crippen molar-refractivity contribution in [2.45, 2.75) is 38.0 Å². The van der Waals surface area contributed by atoms with E-state index in [9.17, 15) is 0 Å². The van der Waals surface area contributed by atoms with Crippen LogP contribution >= 0.6 is 0 Å². The van der Waals surface area contributed by atoms with Crippen molar-refractivity contribution in [1.82, 2.24) is 0 Å². The van der Waals surface area contributed by atoms with Crippen molar-refractivity contribution in [3.8, 4) is 0 Å². The highest BCUT2D eigenvalue weighted by Crippen LogP contribution is 2.34. The molecular weight excluding hydrogens is 172 g/mol. The largest absolute Gasteiger partial charge is 0.396 e. The van der Waals surface area contributed by atoms with Crippen LogP contribution in [0, 0.1) is 0 Å². The van der Waals surface area contributed by atoms with Crippen LogP contribution in [0.4, 0.5) is 0 Å². The Morgan fingerprint density at radius 2 is 2.00 bits per heavy atom. The highest BCUT2D eigenvalue weighted by Gasteiger charge is 2.16. The molecule has 1 aromatic rings. The van der Waals surface area contributed by atoms with Crippen molar-refractivity contribution in [3.63, 3.8) is 0 Å². The quantitative estimate of drug-likeness (QED) is 0.777. The topological polar surface area (TPSA) is 20.2 Å². The number of aliphatic hydroxyl groups is 1. The van der Waals surface area contributed by atoms with E-state index in [2.05, 4.69) is 24.3 Å². The third kappa shape index (κ3) is 2.16. The monoisotopic (exact) mass is 190 g/mol. The number of hydrogen-bond acceptors (Lipinski definition) is 1. The minimum Gasteiger partial charge on any atom is -0.396 e. The standard InChI is InChI=1S/C13H18O/c14-9-8-11-4-3-7-13(10-11)12-5-1-2-6-12/h3-4,7,10,12,14H,1-2,5-6,8-9H2. The summed E-state index contributed by atoms with van der Waals surface area (Å²) >= 11 is 0. The Hall–Kier alpha value is -0.820. The predicted molar refractivity (Wildman–Crippen MR) is 58.4 cm³/mol. The molecule has 1 aliphatic rings. The van der Waals surface area contributed by atoms with E-state index >= 15 is 0 Å². The van der Waals surface area contributed by atoms with Crippen LogP contribution in [-0.4, -0.2) is 11.7 Å². The second-order valence-corrected chi connectivity index (χ2v) is 4.20. The normalized spacial score (nSPS) is 17.5. The molecule has 1 heteroatoms. The van der Waals surface area contributed by atoms with Crippen molar-refractivity contribution >= 4 is 0 Å². The Morgan fingerprint density at radius 1 is 1.21 bits per heavy atom. The fraction of sp³-hybridized carbons (Fsp3) is 0.538. The fourth-order valence-corrected chi connectivity index (χ4v) is 2.39. The van der Waals surface area contributed by atoms with Gasteiger partial charge in [-0.05, 0) is 36.3 Å². The van der Waals surface area contributed by atoms with Crippen molar-refractivity contribution in [1.29, 1.82) is 0 Å². The van der Waals surface area contributed by atoms with E-state index in [-0.39, 0.29) is 6.61 Å². The van der Waals surface area contributed by atoms with Gasteiger partial charge in [-0.25, -0.2) is 0 Å². The molecule has 0 aliphatic heterocycles. The second kappa shape index (κ2) is 4.61. The molecule has 14 heavy (non-hydrogen) atoms. The van der Waals surface area contributed by atoms with Crippen LogP contribution in [-0.2, 0) is 6.42 Å². The molecule has 1 saturated carbocycles. The molecule has 0 heterocycles. The average Bonchev–Trinajstić information content (AvgIpc) is 2.71. The van der Waals surface area contributed by atoms with Crippen LogP contribution in [0.25, 0.3) is 0 Å². The van der Waals surface area contributed by atoms with Gasteiger partial charge in [-0.3, -0.25) is 0 Å². The summed E-state index contributed by atoms with van der Waals surface area (Å²) in [6, 6.07) is 8.73. The summed E-state index contributed by atoms with van der Waals surface area (Å²) in [4.78, 5) is 0. The lowest BCUT2D eigenvalue weighted by atomic mass is 9.95. The molecule has 0 aromatic heterocycles. The summed E-state index contributed by atoms with van der Waals surface area (Å²) in [5, 5.41) is 8.88. The zero-order chi connectivity index (χ0) is 9.80. The highest BCUT2D eigenvalue weighted by molar-refractivity contribution is 5.27. The van der Waals surface area contributed by atoms with E-state index in [0.29, 0.717) is 0 Å². The summed E-state index contributed by atoms with van der Waals surface area (Å²) in [6.45, 7) is 0.258. The first-order valence-electron chi connectivity index (χ1n) is 5.60. The number of hydrogen-bond donors (Lipinski definition) is 1. The number of rotatable bonds is 3. The van der Waals surface area contributed by atoms with E-state index in [1.807, 2.05) is 0 Å². The van der Waals surface area contributed by atoms with Crippen molar-refractivity contribution in [2.24, 2.45) is 0 Å². The van der Waals surface area contributed by atoms with E-state index in [4.69, 9.17) is 5.11 Å². The minimum atomic E-state index is 0.258. The smallest absolute Gasteiger partial charge is 0.0471 e. The maximum Gasteiger partial charge on any atom is 0.0471 e. The first-order valence-corrected chi connectivity index (χ1v) is 5.60. The summed E-state index contributed by atoms with van der Waals surface area (Å²) in [5.74, 6) is 0.786. The summed E-state index contributed by atoms with van der Waals surface area (Å²) in [6.07, 6.45) is 6.26. The van der Waals surface area contributed by atoms with Gasteiger partial charge in [-0.1, -0.05) is 37.1 Å². The van der Waals surface area contributed by atoms with Crippen LogP contribution in [0.3, 0.4) is 0 Å². The van der Waals surface area contributed by atoms with Crippen molar-refractivity contribution in [2.75, 3.05) is 6.61 Å². The van der Waals surface area contributed by atoms with Gasteiger partial charge in [0, 0.05) is 6.61 Å². The fourth-order valence-electron chi connectivity index (χ4n) is 2.39. The van der Waals surface area contributed by atoms with E-state index in [1.54, 1.807) is 0 Å². The summed E-state index contributed by atoms with van der Waals surface area (Å²) < 4.78 is 0. The zero-order valence-electron chi connectivity index (χ0n) is 8.58. The lowest BCUT2D eigenvalue weighted by Gasteiger charge is -2.10. The molecule has 1 N–H and O–H groups in total. The third-order valence-electron chi connectivity index (χ3n) is 3.18. The first-order chi connectivity index (χ1) is 6.90. The Bertz CT molecular complexity index is 287. The van der Waals surface area contributed by atoms with Gasteiger partial charge >= 0.3 is 0 Å². The van der Waals surface area contributed by atoms with Crippen LogP contribution in [0.2, 0.25) is 0 Å². The Morgan fingerprint density at radius 3 is 2.71 bits per heavy atom.